The van der Waals surface area contributed by atoms with Gasteiger partial charge in [0.2, 0.25) is 20.0 Å². The van der Waals surface area contributed by atoms with E-state index in [0.717, 1.165) is 10.4 Å². The van der Waals surface area contributed by atoms with Crippen molar-refractivity contribution in [3.63, 3.8) is 0 Å². The molecule has 1 aromatic rings. The van der Waals surface area contributed by atoms with Crippen LogP contribution in [0.5, 0.6) is 0 Å². The highest BCUT2D eigenvalue weighted by molar-refractivity contribution is 7.90. The zero-order chi connectivity index (χ0) is 14.1. The highest BCUT2D eigenvalue weighted by Crippen LogP contribution is 2.23. The second kappa shape index (κ2) is 4.81. The summed E-state index contributed by atoms with van der Waals surface area (Å²) in [5.74, 6) is 0. The molecule has 0 aliphatic heterocycles. The molecule has 2 N–H and O–H groups in total. The SMILES string of the molecule is C=Cc1ccc(S(N)(=O)=O)cc1S(=O)(=O)N(C)C. The summed E-state index contributed by atoms with van der Waals surface area (Å²) >= 11 is 0. The van der Waals surface area contributed by atoms with Crippen LogP contribution in [-0.4, -0.2) is 35.2 Å². The molecule has 0 atom stereocenters. The number of primary sulfonamides is 1. The van der Waals surface area contributed by atoms with E-state index >= 15 is 0 Å². The van der Waals surface area contributed by atoms with Crippen LogP contribution in [0.3, 0.4) is 0 Å². The maximum atomic E-state index is 12.0. The molecule has 0 aromatic heterocycles. The average molecular weight is 290 g/mol. The van der Waals surface area contributed by atoms with Gasteiger partial charge in [-0.2, -0.15) is 0 Å². The molecule has 0 saturated carbocycles. The van der Waals surface area contributed by atoms with Gasteiger partial charge in [-0.15, -0.1) is 0 Å². The lowest BCUT2D eigenvalue weighted by molar-refractivity contribution is 0.520. The summed E-state index contributed by atoms with van der Waals surface area (Å²) in [6, 6.07) is 3.62. The lowest BCUT2D eigenvalue weighted by Gasteiger charge is -2.14. The quantitative estimate of drug-likeness (QED) is 0.858. The van der Waals surface area contributed by atoms with Crippen LogP contribution >= 0.6 is 0 Å². The van der Waals surface area contributed by atoms with Gasteiger partial charge in [0.25, 0.3) is 0 Å². The maximum absolute atomic E-state index is 12.0. The normalized spacial score (nSPS) is 12.7. The van der Waals surface area contributed by atoms with Crippen molar-refractivity contribution >= 4 is 26.1 Å². The molecule has 0 aliphatic rings. The third-order valence-corrected chi connectivity index (χ3v) is 5.07. The summed E-state index contributed by atoms with van der Waals surface area (Å²) in [4.78, 5) is -0.400. The van der Waals surface area contributed by atoms with Crippen molar-refractivity contribution in [3.8, 4) is 0 Å². The van der Waals surface area contributed by atoms with Crippen molar-refractivity contribution in [1.29, 1.82) is 0 Å². The zero-order valence-corrected chi connectivity index (χ0v) is 11.6. The monoisotopic (exact) mass is 290 g/mol. The Labute approximate surface area is 107 Å². The fourth-order valence-corrected chi connectivity index (χ4v) is 3.01. The van der Waals surface area contributed by atoms with Crippen molar-refractivity contribution in [1.82, 2.24) is 4.31 Å². The second-order valence-corrected chi connectivity index (χ2v) is 7.42. The van der Waals surface area contributed by atoms with Crippen molar-refractivity contribution in [3.05, 3.63) is 30.3 Å². The number of benzene rings is 1. The molecule has 18 heavy (non-hydrogen) atoms. The van der Waals surface area contributed by atoms with Gasteiger partial charge in [0.1, 0.15) is 0 Å². The van der Waals surface area contributed by atoms with Crippen LogP contribution in [0.1, 0.15) is 5.56 Å². The number of nitrogens with two attached hydrogens (primary N) is 1. The van der Waals surface area contributed by atoms with Gasteiger partial charge < -0.3 is 0 Å². The predicted molar refractivity (Wildman–Crippen MR) is 68.8 cm³/mol. The summed E-state index contributed by atoms with van der Waals surface area (Å²) in [5.41, 5.74) is 0.316. The molecule has 0 bridgehead atoms. The molecule has 8 heteroatoms. The highest BCUT2D eigenvalue weighted by Gasteiger charge is 2.22. The van der Waals surface area contributed by atoms with E-state index in [4.69, 9.17) is 5.14 Å². The minimum atomic E-state index is -3.95. The molecule has 100 valence electrons. The van der Waals surface area contributed by atoms with E-state index in [1.165, 1.54) is 32.3 Å². The number of rotatable bonds is 4. The van der Waals surface area contributed by atoms with Crippen LogP contribution in [0, 0.1) is 0 Å². The van der Waals surface area contributed by atoms with Crippen molar-refractivity contribution < 1.29 is 16.8 Å². The Morgan fingerprint density at radius 3 is 2.17 bits per heavy atom. The first-order valence-corrected chi connectivity index (χ1v) is 7.81. The van der Waals surface area contributed by atoms with Crippen LogP contribution in [-0.2, 0) is 20.0 Å². The van der Waals surface area contributed by atoms with Crippen molar-refractivity contribution in [2.75, 3.05) is 14.1 Å². The summed E-state index contributed by atoms with van der Waals surface area (Å²) in [7, 11) is -5.01. The number of sulfonamides is 2. The minimum Gasteiger partial charge on any atom is -0.225 e. The molecule has 6 nitrogen and oxygen atoms in total. The number of hydrogen-bond acceptors (Lipinski definition) is 4. The van der Waals surface area contributed by atoms with E-state index in [1.807, 2.05) is 0 Å². The topological polar surface area (TPSA) is 97.5 Å². The molecule has 1 aromatic carbocycles. The van der Waals surface area contributed by atoms with E-state index in [9.17, 15) is 16.8 Å². The number of hydrogen-bond donors (Lipinski definition) is 1. The lowest BCUT2D eigenvalue weighted by atomic mass is 10.2. The standard InChI is InChI=1S/C10H14N2O4S2/c1-4-8-5-6-9(17(11,13)14)7-10(8)18(15,16)12(2)3/h4-7H,1H2,2-3H3,(H2,11,13,14). The Kier molecular flexibility index (Phi) is 3.96. The molecule has 0 unspecified atom stereocenters. The highest BCUT2D eigenvalue weighted by atomic mass is 32.2. The Bertz CT molecular complexity index is 676. The Hall–Kier alpha value is -1.22. The summed E-state index contributed by atoms with van der Waals surface area (Å²) < 4.78 is 47.5. The van der Waals surface area contributed by atoms with Gasteiger partial charge in [-0.3, -0.25) is 0 Å². The Balaban J connectivity index is 3.66. The van der Waals surface area contributed by atoms with Crippen LogP contribution in [0.25, 0.3) is 6.08 Å². The van der Waals surface area contributed by atoms with Gasteiger partial charge in [-0.1, -0.05) is 18.7 Å². The van der Waals surface area contributed by atoms with E-state index in [-0.39, 0.29) is 9.79 Å². The first-order chi connectivity index (χ1) is 8.10. The fraction of sp³-hybridized carbons (Fsp3) is 0.200. The first kappa shape index (κ1) is 14.8. The molecule has 0 amide bonds. The molecule has 0 heterocycles. The summed E-state index contributed by atoms with van der Waals surface area (Å²) in [6.07, 6.45) is 1.34. The number of nitrogens with zero attached hydrogens (tertiary/aromatic N) is 1. The van der Waals surface area contributed by atoms with Gasteiger partial charge >= 0.3 is 0 Å². The summed E-state index contributed by atoms with van der Waals surface area (Å²) in [6.45, 7) is 3.49. The van der Waals surface area contributed by atoms with Gasteiger partial charge in [-0.05, 0) is 17.7 Å². The Morgan fingerprint density at radius 2 is 1.78 bits per heavy atom. The minimum absolute atomic E-state index is 0.144. The van der Waals surface area contributed by atoms with Crippen LogP contribution < -0.4 is 5.14 Å². The molecule has 0 radical (unpaired) electrons. The molecular weight excluding hydrogens is 276 g/mol. The summed E-state index contributed by atoms with van der Waals surface area (Å²) in [5, 5.41) is 4.97. The zero-order valence-electron chi connectivity index (χ0n) is 9.99. The first-order valence-electron chi connectivity index (χ1n) is 4.82. The third kappa shape index (κ3) is 2.78. The molecular formula is C10H14N2O4S2. The average Bonchev–Trinajstić information content (AvgIpc) is 2.26. The molecule has 0 saturated heterocycles. The van der Waals surface area contributed by atoms with Gasteiger partial charge in [0.05, 0.1) is 9.79 Å². The van der Waals surface area contributed by atoms with Crippen LogP contribution in [0.4, 0.5) is 0 Å². The van der Waals surface area contributed by atoms with Crippen LogP contribution in [0.15, 0.2) is 34.6 Å². The van der Waals surface area contributed by atoms with Gasteiger partial charge in [-0.25, -0.2) is 26.3 Å². The fourth-order valence-electron chi connectivity index (χ4n) is 1.28. The smallest absolute Gasteiger partial charge is 0.225 e. The van der Waals surface area contributed by atoms with Gasteiger partial charge in [0, 0.05) is 14.1 Å². The second-order valence-electron chi connectivity index (χ2n) is 3.74. The molecule has 0 aliphatic carbocycles. The molecule has 1 rings (SSSR count). The lowest BCUT2D eigenvalue weighted by Crippen LogP contribution is -2.23. The van der Waals surface area contributed by atoms with Crippen molar-refractivity contribution in [2.45, 2.75) is 9.79 Å². The molecule has 0 fully saturated rings. The van der Waals surface area contributed by atoms with E-state index in [1.54, 1.807) is 0 Å². The van der Waals surface area contributed by atoms with E-state index in [2.05, 4.69) is 6.58 Å². The predicted octanol–water partition coefficient (Wildman–Crippen LogP) is 0.227. The van der Waals surface area contributed by atoms with Crippen molar-refractivity contribution in [2.24, 2.45) is 5.14 Å². The molecule has 0 spiro atoms. The van der Waals surface area contributed by atoms with E-state index < -0.39 is 20.0 Å². The maximum Gasteiger partial charge on any atom is 0.243 e. The van der Waals surface area contributed by atoms with E-state index in [0.29, 0.717) is 5.56 Å². The van der Waals surface area contributed by atoms with Gasteiger partial charge in [0.15, 0.2) is 0 Å². The third-order valence-electron chi connectivity index (χ3n) is 2.29. The Morgan fingerprint density at radius 1 is 1.22 bits per heavy atom. The largest absolute Gasteiger partial charge is 0.243 e. The van der Waals surface area contributed by atoms with Crippen LogP contribution in [0.2, 0.25) is 0 Å².